The van der Waals surface area contributed by atoms with Gasteiger partial charge in [-0.25, -0.2) is 9.48 Å². The van der Waals surface area contributed by atoms with Crippen molar-refractivity contribution in [2.24, 2.45) is 0 Å². The second-order valence-electron chi connectivity index (χ2n) is 10.3. The molecule has 0 aliphatic carbocycles. The fourth-order valence-electron chi connectivity index (χ4n) is 5.14. The van der Waals surface area contributed by atoms with Crippen molar-refractivity contribution in [1.29, 1.82) is 0 Å². The third-order valence-electron chi connectivity index (χ3n) is 6.90. The normalized spacial score (nSPS) is 18.5. The first-order chi connectivity index (χ1) is 22.0. The van der Waals surface area contributed by atoms with E-state index < -0.39 is 66.8 Å². The Kier molecular flexibility index (Phi) is 10.9. The van der Waals surface area contributed by atoms with E-state index in [2.05, 4.69) is 15.6 Å². The van der Waals surface area contributed by atoms with E-state index in [1.165, 1.54) is 17.7 Å². The summed E-state index contributed by atoms with van der Waals surface area (Å²) in [6.07, 6.45) is -2.92. The molecule has 1 aliphatic heterocycles. The number of benzene rings is 2. The van der Waals surface area contributed by atoms with Crippen molar-refractivity contribution < 1.29 is 47.7 Å². The lowest BCUT2D eigenvalue weighted by atomic mass is 9.91. The van der Waals surface area contributed by atoms with E-state index >= 15 is 0 Å². The summed E-state index contributed by atoms with van der Waals surface area (Å²) in [7, 11) is 1.15. The first-order valence-corrected chi connectivity index (χ1v) is 14.3. The Morgan fingerprint density at radius 1 is 0.870 bits per heavy atom. The average molecular weight is 635 g/mol. The van der Waals surface area contributed by atoms with E-state index in [-0.39, 0.29) is 5.76 Å². The topological polar surface area (TPSA) is 174 Å². The molecule has 1 amide bonds. The van der Waals surface area contributed by atoms with Crippen LogP contribution in [0.25, 0.3) is 22.5 Å². The van der Waals surface area contributed by atoms with Gasteiger partial charge in [-0.1, -0.05) is 65.9 Å². The van der Waals surface area contributed by atoms with Gasteiger partial charge in [0.05, 0.1) is 18.8 Å². The maximum absolute atomic E-state index is 13.0. The number of amides is 1. The van der Waals surface area contributed by atoms with Crippen molar-refractivity contribution in [3.8, 4) is 22.5 Å². The molecule has 4 rings (SSSR count). The van der Waals surface area contributed by atoms with E-state index in [4.69, 9.17) is 23.7 Å². The molecule has 46 heavy (non-hydrogen) atoms. The lowest BCUT2D eigenvalue weighted by Crippen LogP contribution is -2.60. The van der Waals surface area contributed by atoms with Crippen LogP contribution in [0.15, 0.2) is 72.5 Å². The Morgan fingerprint density at radius 3 is 2.02 bits per heavy atom. The summed E-state index contributed by atoms with van der Waals surface area (Å²) in [5.74, 6) is -3.98. The van der Waals surface area contributed by atoms with Crippen molar-refractivity contribution >= 4 is 29.8 Å². The Balaban J connectivity index is 1.97. The molecule has 14 heteroatoms. The zero-order valence-corrected chi connectivity index (χ0v) is 25.9. The second kappa shape index (κ2) is 15.0. The second-order valence-corrected chi connectivity index (χ2v) is 10.3. The van der Waals surface area contributed by atoms with Crippen molar-refractivity contribution in [2.45, 2.75) is 58.1 Å². The van der Waals surface area contributed by atoms with Gasteiger partial charge in [-0.3, -0.25) is 19.2 Å². The molecule has 5 atom stereocenters. The highest BCUT2D eigenvalue weighted by atomic mass is 16.6. The van der Waals surface area contributed by atoms with Gasteiger partial charge in [-0.05, 0) is 6.08 Å². The fraction of sp³-hybridized carbons (Fsp3) is 0.344. The molecule has 1 aliphatic rings. The van der Waals surface area contributed by atoms with E-state index in [1.807, 2.05) is 60.7 Å². The standard InChI is InChI=1S/C32H34N4O10/c1-18(37)33-28-24(36-29(23-14-10-7-11-15-23)27(34-35-36)22-12-8-6-9-13-22)16-25(32(41)42-5)46-31(28)30(45-21(4)40)26(44-20(3)39)17-43-19(2)38/h6-16,24,26,28,30-31H,17H2,1-5H3,(H,33,37)/t24-,26?,28+,30+,31+/m0/s1. The smallest absolute Gasteiger partial charge is 0.373 e. The van der Waals surface area contributed by atoms with E-state index in [1.54, 1.807) is 0 Å². The van der Waals surface area contributed by atoms with Gasteiger partial charge < -0.3 is 29.0 Å². The number of carbonyl (C=O) groups excluding carboxylic acids is 5. The molecule has 242 valence electrons. The molecule has 0 spiro atoms. The molecule has 3 aromatic rings. The van der Waals surface area contributed by atoms with Crippen LogP contribution >= 0.6 is 0 Å². The molecule has 14 nitrogen and oxygen atoms in total. The predicted molar refractivity (Wildman–Crippen MR) is 160 cm³/mol. The minimum Gasteiger partial charge on any atom is -0.477 e. The molecule has 0 fully saturated rings. The monoisotopic (exact) mass is 634 g/mol. The van der Waals surface area contributed by atoms with Gasteiger partial charge in [0.1, 0.15) is 18.3 Å². The highest BCUT2D eigenvalue weighted by molar-refractivity contribution is 5.87. The molecule has 2 aromatic carbocycles. The van der Waals surface area contributed by atoms with Gasteiger partial charge in [0, 0.05) is 38.8 Å². The van der Waals surface area contributed by atoms with Crippen LogP contribution in [0.1, 0.15) is 33.7 Å². The molecular formula is C32H34N4O10. The van der Waals surface area contributed by atoms with Gasteiger partial charge in [0.15, 0.2) is 18.3 Å². The third kappa shape index (κ3) is 7.94. The Labute approximate surface area is 264 Å². The first kappa shape index (κ1) is 33.4. The van der Waals surface area contributed by atoms with Crippen LogP contribution in [0.5, 0.6) is 0 Å². The zero-order valence-electron chi connectivity index (χ0n) is 25.9. The molecule has 2 heterocycles. The summed E-state index contributed by atoms with van der Waals surface area (Å²) >= 11 is 0. The third-order valence-corrected chi connectivity index (χ3v) is 6.90. The summed E-state index contributed by atoms with van der Waals surface area (Å²) in [5.41, 5.74) is 2.51. The SMILES string of the molecule is COC(=O)C1=C[C@H](n2nnc(-c3ccccc3)c2-c2ccccc2)[C@@H](NC(C)=O)[C@H]([C@H](OC(C)=O)C(COC(C)=O)OC(C)=O)O1. The minimum absolute atomic E-state index is 0.305. The van der Waals surface area contributed by atoms with Crippen LogP contribution in [0.2, 0.25) is 0 Å². The minimum atomic E-state index is -1.51. The van der Waals surface area contributed by atoms with Crippen molar-refractivity contribution in [1.82, 2.24) is 20.3 Å². The number of ether oxygens (including phenoxy) is 5. The van der Waals surface area contributed by atoms with Gasteiger partial charge in [-0.2, -0.15) is 0 Å². The predicted octanol–water partition coefficient (Wildman–Crippen LogP) is 2.54. The molecule has 1 aromatic heterocycles. The highest BCUT2D eigenvalue weighted by Crippen LogP contribution is 2.38. The van der Waals surface area contributed by atoms with Crippen molar-refractivity contribution in [2.75, 3.05) is 13.7 Å². The molecule has 1 N–H and O–H groups in total. The number of carbonyl (C=O) groups is 5. The number of hydrogen-bond donors (Lipinski definition) is 1. The Morgan fingerprint density at radius 2 is 1.48 bits per heavy atom. The van der Waals surface area contributed by atoms with E-state index in [9.17, 15) is 24.0 Å². The van der Waals surface area contributed by atoms with E-state index in [0.29, 0.717) is 17.0 Å². The van der Waals surface area contributed by atoms with E-state index in [0.717, 1.165) is 33.4 Å². The van der Waals surface area contributed by atoms with Crippen LogP contribution in [-0.2, 0) is 47.7 Å². The van der Waals surface area contributed by atoms with Gasteiger partial charge in [0.2, 0.25) is 11.7 Å². The number of esters is 4. The zero-order chi connectivity index (χ0) is 33.4. The molecule has 0 radical (unpaired) electrons. The molecule has 0 saturated heterocycles. The van der Waals surface area contributed by atoms with Crippen LogP contribution < -0.4 is 5.32 Å². The molecule has 0 bridgehead atoms. The average Bonchev–Trinajstić information content (AvgIpc) is 3.47. The lowest BCUT2D eigenvalue weighted by molar-refractivity contribution is -0.188. The number of rotatable bonds is 11. The van der Waals surface area contributed by atoms with Crippen LogP contribution in [-0.4, -0.2) is 82.8 Å². The largest absolute Gasteiger partial charge is 0.477 e. The molecular weight excluding hydrogens is 600 g/mol. The van der Waals surface area contributed by atoms with Crippen LogP contribution in [0, 0.1) is 0 Å². The number of aromatic nitrogens is 3. The van der Waals surface area contributed by atoms with Crippen molar-refractivity contribution in [3.05, 3.63) is 72.5 Å². The summed E-state index contributed by atoms with van der Waals surface area (Å²) in [6, 6.07) is 16.4. The summed E-state index contributed by atoms with van der Waals surface area (Å²) in [6.45, 7) is 4.13. The van der Waals surface area contributed by atoms with Gasteiger partial charge in [0.25, 0.3) is 0 Å². The van der Waals surface area contributed by atoms with Crippen LogP contribution in [0.3, 0.4) is 0 Å². The maximum atomic E-state index is 13.0. The highest BCUT2D eigenvalue weighted by Gasteiger charge is 2.49. The fourth-order valence-corrected chi connectivity index (χ4v) is 5.14. The summed E-state index contributed by atoms with van der Waals surface area (Å²) < 4.78 is 28.7. The molecule has 0 saturated carbocycles. The summed E-state index contributed by atoms with van der Waals surface area (Å²) in [5, 5.41) is 11.8. The Hall–Kier alpha value is -5.53. The van der Waals surface area contributed by atoms with Crippen LogP contribution in [0.4, 0.5) is 0 Å². The Bertz CT molecular complexity index is 1610. The lowest BCUT2D eigenvalue weighted by Gasteiger charge is -2.41. The van der Waals surface area contributed by atoms with Gasteiger partial charge in [-0.15, -0.1) is 5.10 Å². The maximum Gasteiger partial charge on any atom is 0.373 e. The van der Waals surface area contributed by atoms with Crippen molar-refractivity contribution in [3.63, 3.8) is 0 Å². The quantitative estimate of drug-likeness (QED) is 0.242. The number of nitrogens with zero attached hydrogens (tertiary/aromatic N) is 3. The number of nitrogens with one attached hydrogen (secondary N) is 1. The number of hydrogen-bond acceptors (Lipinski definition) is 12. The first-order valence-electron chi connectivity index (χ1n) is 14.3. The molecule has 1 unspecified atom stereocenters. The number of methoxy groups -OCH3 is 1. The summed E-state index contributed by atoms with van der Waals surface area (Å²) in [4.78, 5) is 62.0. The van der Waals surface area contributed by atoms with Gasteiger partial charge >= 0.3 is 23.9 Å².